The molecule has 0 radical (unpaired) electrons. The summed E-state index contributed by atoms with van der Waals surface area (Å²) in [6.45, 7) is 12.7. The lowest BCUT2D eigenvalue weighted by Crippen LogP contribution is -2.32. The van der Waals surface area contributed by atoms with E-state index in [1.54, 1.807) is 0 Å². The highest BCUT2D eigenvalue weighted by Crippen LogP contribution is 2.38. The molecule has 1 aliphatic heterocycles. The molecular formula is C32H51N5O2. The Morgan fingerprint density at radius 1 is 0.923 bits per heavy atom. The predicted octanol–water partition coefficient (Wildman–Crippen LogP) is 5.00. The Kier molecular flexibility index (Phi) is 10.0. The summed E-state index contributed by atoms with van der Waals surface area (Å²) < 4.78 is 5.67. The summed E-state index contributed by atoms with van der Waals surface area (Å²) in [6.07, 6.45) is 3.34. The number of ether oxygens (including phenoxy) is 1. The number of anilines is 1. The van der Waals surface area contributed by atoms with Crippen LogP contribution in [0, 0.1) is 5.92 Å². The smallest absolute Gasteiger partial charge is 0.0780 e. The van der Waals surface area contributed by atoms with Gasteiger partial charge in [0.15, 0.2) is 0 Å². The number of aliphatic hydroxyl groups excluding tert-OH is 1. The fourth-order valence-electron chi connectivity index (χ4n) is 6.27. The first kappa shape index (κ1) is 29.9. The Balaban J connectivity index is 1.47. The second-order valence-corrected chi connectivity index (χ2v) is 12.8. The van der Waals surface area contributed by atoms with Crippen molar-refractivity contribution in [3.05, 3.63) is 52.6 Å². The minimum atomic E-state index is -0.365. The van der Waals surface area contributed by atoms with Crippen LogP contribution in [-0.2, 0) is 17.8 Å². The Hall–Kier alpha value is -2.06. The third-order valence-electron chi connectivity index (χ3n) is 8.52. The number of aliphatic hydroxyl groups is 1. The molecule has 4 rings (SSSR count). The van der Waals surface area contributed by atoms with Crippen molar-refractivity contribution >= 4 is 5.69 Å². The van der Waals surface area contributed by atoms with Gasteiger partial charge in [0.25, 0.3) is 0 Å². The van der Waals surface area contributed by atoms with E-state index in [-0.39, 0.29) is 12.0 Å². The number of β-amino-alcohol motifs (C(OH)–C–C–N with tert-alkyl or cyclic N) is 1. The predicted molar refractivity (Wildman–Crippen MR) is 159 cm³/mol. The first-order chi connectivity index (χ1) is 18.5. The summed E-state index contributed by atoms with van der Waals surface area (Å²) in [5, 5.41) is 11.1. The van der Waals surface area contributed by atoms with Gasteiger partial charge in [-0.3, -0.25) is 9.97 Å². The average Bonchev–Trinajstić information content (AvgIpc) is 3.50. The van der Waals surface area contributed by atoms with Gasteiger partial charge in [-0.1, -0.05) is 33.8 Å². The Labute approximate surface area is 236 Å². The van der Waals surface area contributed by atoms with Crippen LogP contribution in [0.25, 0.3) is 0 Å². The van der Waals surface area contributed by atoms with Crippen LogP contribution in [0.4, 0.5) is 5.69 Å². The number of hydrogen-bond acceptors (Lipinski definition) is 7. The zero-order valence-electron chi connectivity index (χ0n) is 25.5. The van der Waals surface area contributed by atoms with Crippen LogP contribution in [0.2, 0.25) is 0 Å². The fraction of sp³-hybridized carbons (Fsp3) is 0.688. The van der Waals surface area contributed by atoms with Crippen molar-refractivity contribution < 1.29 is 9.84 Å². The molecule has 2 aromatic rings. The van der Waals surface area contributed by atoms with Gasteiger partial charge < -0.3 is 24.5 Å². The van der Waals surface area contributed by atoms with Gasteiger partial charge in [0, 0.05) is 57.1 Å². The number of nitrogens with zero attached hydrogens (tertiary/aromatic N) is 5. The molecule has 0 bridgehead atoms. The van der Waals surface area contributed by atoms with Gasteiger partial charge in [-0.25, -0.2) is 0 Å². The van der Waals surface area contributed by atoms with Crippen molar-refractivity contribution in [2.45, 2.75) is 90.0 Å². The molecule has 4 atom stereocenters. The van der Waals surface area contributed by atoms with Crippen molar-refractivity contribution in [2.75, 3.05) is 52.8 Å². The zero-order chi connectivity index (χ0) is 28.3. The van der Waals surface area contributed by atoms with E-state index in [1.807, 2.05) is 7.11 Å². The molecule has 0 spiro atoms. The summed E-state index contributed by atoms with van der Waals surface area (Å²) in [6, 6.07) is 8.89. The summed E-state index contributed by atoms with van der Waals surface area (Å²) in [5.41, 5.74) is 7.09. The van der Waals surface area contributed by atoms with Crippen LogP contribution < -0.4 is 4.90 Å². The molecule has 0 aromatic carbocycles. The molecule has 2 fully saturated rings. The lowest BCUT2D eigenvalue weighted by molar-refractivity contribution is 0.108. The first-order valence-electron chi connectivity index (χ1n) is 14.8. The normalized spacial score (nSPS) is 23.8. The molecule has 7 heteroatoms. The van der Waals surface area contributed by atoms with Crippen LogP contribution >= 0.6 is 0 Å². The molecular weight excluding hydrogens is 486 g/mol. The highest BCUT2D eigenvalue weighted by Gasteiger charge is 2.34. The summed E-state index contributed by atoms with van der Waals surface area (Å²) in [4.78, 5) is 17.0. The molecule has 39 heavy (non-hydrogen) atoms. The number of aromatic nitrogens is 2. The number of hydrogen-bond donors (Lipinski definition) is 1. The number of rotatable bonds is 11. The second-order valence-electron chi connectivity index (χ2n) is 12.8. The maximum atomic E-state index is 11.1. The van der Waals surface area contributed by atoms with E-state index in [9.17, 15) is 5.11 Å². The summed E-state index contributed by atoms with van der Waals surface area (Å²) >= 11 is 0. The van der Waals surface area contributed by atoms with E-state index >= 15 is 0 Å². The van der Waals surface area contributed by atoms with E-state index in [1.165, 1.54) is 11.3 Å². The molecule has 1 aliphatic carbocycles. The zero-order valence-corrected chi connectivity index (χ0v) is 25.5. The van der Waals surface area contributed by atoms with Crippen molar-refractivity contribution in [1.82, 2.24) is 19.8 Å². The second kappa shape index (κ2) is 13.1. The van der Waals surface area contributed by atoms with Crippen molar-refractivity contribution in [3.63, 3.8) is 0 Å². The van der Waals surface area contributed by atoms with E-state index in [0.717, 1.165) is 68.2 Å². The highest BCUT2D eigenvalue weighted by atomic mass is 16.5. The first-order valence-corrected chi connectivity index (χ1v) is 14.8. The number of methoxy groups -OCH3 is 1. The lowest BCUT2D eigenvalue weighted by atomic mass is 9.94. The quantitative estimate of drug-likeness (QED) is 0.433. The molecule has 216 valence electrons. The molecule has 3 heterocycles. The molecule has 7 nitrogen and oxygen atoms in total. The van der Waals surface area contributed by atoms with E-state index in [0.29, 0.717) is 30.4 Å². The third-order valence-corrected chi connectivity index (χ3v) is 8.52. The molecule has 1 saturated carbocycles. The van der Waals surface area contributed by atoms with Gasteiger partial charge in [-0.15, -0.1) is 0 Å². The van der Waals surface area contributed by atoms with Crippen LogP contribution in [-0.4, -0.2) is 85.0 Å². The van der Waals surface area contributed by atoms with Crippen LogP contribution in [0.1, 0.15) is 93.1 Å². The van der Waals surface area contributed by atoms with E-state index in [2.05, 4.69) is 87.8 Å². The minimum Gasteiger partial charge on any atom is -0.391 e. The van der Waals surface area contributed by atoms with Gasteiger partial charge in [0.2, 0.25) is 0 Å². The van der Waals surface area contributed by atoms with Crippen LogP contribution in [0.15, 0.2) is 24.3 Å². The summed E-state index contributed by atoms with van der Waals surface area (Å²) in [7, 11) is 8.17. The van der Waals surface area contributed by atoms with Crippen molar-refractivity contribution in [2.24, 2.45) is 5.92 Å². The Bertz CT molecular complexity index is 1090. The Morgan fingerprint density at radius 3 is 2.21 bits per heavy atom. The highest BCUT2D eigenvalue weighted by molar-refractivity contribution is 5.53. The minimum absolute atomic E-state index is 0.174. The monoisotopic (exact) mass is 537 g/mol. The maximum absolute atomic E-state index is 11.1. The van der Waals surface area contributed by atoms with Gasteiger partial charge in [0.05, 0.1) is 29.3 Å². The van der Waals surface area contributed by atoms with Gasteiger partial charge >= 0.3 is 0 Å². The molecule has 2 aliphatic rings. The summed E-state index contributed by atoms with van der Waals surface area (Å²) in [5.74, 6) is 1.47. The van der Waals surface area contributed by atoms with Gasteiger partial charge in [-0.2, -0.15) is 0 Å². The molecule has 2 aromatic heterocycles. The van der Waals surface area contributed by atoms with Crippen LogP contribution in [0.3, 0.4) is 0 Å². The maximum Gasteiger partial charge on any atom is 0.0780 e. The standard InChI is InChI=1S/C32H51N5O2/c1-21(2)27-12-11-26(23-9-10-25(15-23)39-8)29(33-27)19-36(7)16-24-17-37(20-32(24)38)31-14-13-28(22(3)4)34-30(31)18-35(5)6/h11-14,21-25,32,38H,9-10,15-20H2,1-8H3/t23-,24?,25+,32?/m0/s1. The third kappa shape index (κ3) is 7.37. The van der Waals surface area contributed by atoms with Crippen LogP contribution in [0.5, 0.6) is 0 Å². The largest absolute Gasteiger partial charge is 0.391 e. The van der Waals surface area contributed by atoms with Gasteiger partial charge in [0.1, 0.15) is 0 Å². The lowest BCUT2D eigenvalue weighted by Gasteiger charge is -2.26. The van der Waals surface area contributed by atoms with E-state index in [4.69, 9.17) is 14.7 Å². The fourth-order valence-corrected chi connectivity index (χ4v) is 6.27. The molecule has 2 unspecified atom stereocenters. The topological polar surface area (TPSA) is 65.0 Å². The van der Waals surface area contributed by atoms with Crippen molar-refractivity contribution in [1.29, 1.82) is 0 Å². The van der Waals surface area contributed by atoms with Gasteiger partial charge in [-0.05, 0) is 81.9 Å². The van der Waals surface area contributed by atoms with Crippen molar-refractivity contribution in [3.8, 4) is 0 Å². The average molecular weight is 538 g/mol. The molecule has 1 saturated heterocycles. The Morgan fingerprint density at radius 2 is 1.59 bits per heavy atom. The SMILES string of the molecule is CO[C@@H]1CC[C@H](c2ccc(C(C)C)nc2CN(C)CC2CN(c3ccc(C(C)C)nc3CN(C)C)CC2O)C1. The van der Waals surface area contributed by atoms with E-state index < -0.39 is 0 Å². The molecule has 0 amide bonds. The number of pyridine rings is 2. The molecule has 1 N–H and O–H groups in total.